The molecule has 0 spiro atoms. The molecule has 1 aliphatic heterocycles. The third-order valence-corrected chi connectivity index (χ3v) is 4.17. The van der Waals surface area contributed by atoms with E-state index in [0.717, 1.165) is 9.42 Å². The molecule has 0 radical (unpaired) electrons. The Kier molecular flexibility index (Phi) is 2.56. The highest BCUT2D eigenvalue weighted by molar-refractivity contribution is 6.21. The summed E-state index contributed by atoms with van der Waals surface area (Å²) >= 11 is 0. The van der Waals surface area contributed by atoms with Crippen LogP contribution in [-0.2, 0) is 9.59 Å². The average Bonchev–Trinajstić information content (AvgIpc) is 3.00. The Morgan fingerprint density at radius 2 is 1.73 bits per heavy atom. The molecule has 1 aliphatic carbocycles. The van der Waals surface area contributed by atoms with Gasteiger partial charge in [-0.3, -0.25) is 19.5 Å². The highest BCUT2D eigenvalue weighted by Gasteiger charge is 2.49. The number of aromatic amines is 1. The first-order valence-corrected chi connectivity index (χ1v) is 7.05. The minimum absolute atomic E-state index is 0.0552. The largest absolute Gasteiger partial charge is 0.274 e. The van der Waals surface area contributed by atoms with Crippen LogP contribution in [0.25, 0.3) is 5.78 Å². The summed E-state index contributed by atoms with van der Waals surface area (Å²) in [5.41, 5.74) is 0.194. The van der Waals surface area contributed by atoms with Crippen molar-refractivity contribution in [2.24, 2.45) is 11.8 Å². The van der Waals surface area contributed by atoms with Crippen LogP contribution in [0, 0.1) is 18.8 Å². The summed E-state index contributed by atoms with van der Waals surface area (Å²) in [4.78, 5) is 46.2. The first-order valence-electron chi connectivity index (χ1n) is 7.05. The van der Waals surface area contributed by atoms with Crippen LogP contribution in [0.4, 0.5) is 5.95 Å². The number of carbonyl (C=O) groups is 2. The van der Waals surface area contributed by atoms with Gasteiger partial charge in [-0.15, -0.1) is 0 Å². The van der Waals surface area contributed by atoms with Crippen LogP contribution in [0.2, 0.25) is 0 Å². The predicted octanol–water partition coefficient (Wildman–Crippen LogP) is 0.182. The van der Waals surface area contributed by atoms with Crippen LogP contribution in [0.3, 0.4) is 0 Å². The number of anilines is 1. The lowest BCUT2D eigenvalue weighted by molar-refractivity contribution is -0.122. The maximum Gasteiger partial charge on any atom is 0.274 e. The van der Waals surface area contributed by atoms with Crippen LogP contribution < -0.4 is 10.5 Å². The zero-order chi connectivity index (χ0) is 15.4. The SMILES string of the molecule is Cc1cc(=O)n2[nH]c(N3C(=O)C4CC=CCC4C3=O)nc2n1. The second-order valence-electron chi connectivity index (χ2n) is 5.59. The van der Waals surface area contributed by atoms with Gasteiger partial charge < -0.3 is 0 Å². The van der Waals surface area contributed by atoms with Gasteiger partial charge in [0.1, 0.15) is 0 Å². The molecule has 2 aliphatic rings. The molecule has 22 heavy (non-hydrogen) atoms. The quantitative estimate of drug-likeness (QED) is 0.598. The Bertz CT molecular complexity index is 868. The van der Waals surface area contributed by atoms with E-state index in [1.807, 2.05) is 12.2 Å². The number of aryl methyl sites for hydroxylation is 1. The number of nitrogens with one attached hydrogen (secondary N) is 1. The summed E-state index contributed by atoms with van der Waals surface area (Å²) in [5.74, 6) is -1.02. The number of hydrogen-bond donors (Lipinski definition) is 1. The minimum atomic E-state index is -0.336. The second kappa shape index (κ2) is 4.36. The molecule has 8 heteroatoms. The Balaban J connectivity index is 1.82. The third-order valence-electron chi connectivity index (χ3n) is 4.17. The molecule has 0 saturated carbocycles. The van der Waals surface area contributed by atoms with Crippen LogP contribution in [-0.4, -0.2) is 31.4 Å². The van der Waals surface area contributed by atoms with Crippen LogP contribution in [0.5, 0.6) is 0 Å². The van der Waals surface area contributed by atoms with Crippen molar-refractivity contribution in [3.05, 3.63) is 34.3 Å². The maximum atomic E-state index is 12.5. The van der Waals surface area contributed by atoms with E-state index in [9.17, 15) is 14.4 Å². The molecule has 0 bridgehead atoms. The smallest absolute Gasteiger partial charge is 0.274 e. The average molecular weight is 299 g/mol. The molecular formula is C14H13N5O3. The molecule has 0 aromatic carbocycles. The van der Waals surface area contributed by atoms with E-state index >= 15 is 0 Å². The number of H-pyrrole nitrogens is 1. The van der Waals surface area contributed by atoms with Crippen molar-refractivity contribution in [1.29, 1.82) is 0 Å². The molecule has 4 rings (SSSR count). The van der Waals surface area contributed by atoms with Gasteiger partial charge in [0.15, 0.2) is 0 Å². The number of allylic oxidation sites excluding steroid dienone is 2. The molecule has 2 amide bonds. The van der Waals surface area contributed by atoms with Gasteiger partial charge in [0, 0.05) is 11.8 Å². The Hall–Kier alpha value is -2.77. The zero-order valence-corrected chi connectivity index (χ0v) is 11.8. The molecular weight excluding hydrogens is 286 g/mol. The number of imide groups is 1. The molecule has 2 aromatic rings. The topological polar surface area (TPSA) is 100 Å². The number of rotatable bonds is 1. The summed E-state index contributed by atoms with van der Waals surface area (Å²) in [5, 5.41) is 2.70. The highest BCUT2D eigenvalue weighted by Crippen LogP contribution is 2.36. The maximum absolute atomic E-state index is 12.5. The summed E-state index contributed by atoms with van der Waals surface area (Å²) < 4.78 is 1.13. The van der Waals surface area contributed by atoms with E-state index in [1.54, 1.807) is 6.92 Å². The summed E-state index contributed by atoms with van der Waals surface area (Å²) in [6.07, 6.45) is 4.96. The van der Waals surface area contributed by atoms with Crippen LogP contribution in [0.1, 0.15) is 18.5 Å². The predicted molar refractivity (Wildman–Crippen MR) is 76.2 cm³/mol. The molecule has 1 saturated heterocycles. The fourth-order valence-corrected chi connectivity index (χ4v) is 3.09. The second-order valence-corrected chi connectivity index (χ2v) is 5.59. The van der Waals surface area contributed by atoms with Crippen LogP contribution >= 0.6 is 0 Å². The van der Waals surface area contributed by atoms with Gasteiger partial charge in [-0.25, -0.2) is 9.88 Å². The fraction of sp³-hybridized carbons (Fsp3) is 0.357. The van der Waals surface area contributed by atoms with E-state index in [4.69, 9.17) is 0 Å². The van der Waals surface area contributed by atoms with Crippen molar-refractivity contribution < 1.29 is 9.59 Å². The Morgan fingerprint density at radius 3 is 2.36 bits per heavy atom. The monoisotopic (exact) mass is 299 g/mol. The van der Waals surface area contributed by atoms with Crippen molar-refractivity contribution in [3.63, 3.8) is 0 Å². The number of aromatic nitrogens is 4. The van der Waals surface area contributed by atoms with E-state index < -0.39 is 0 Å². The van der Waals surface area contributed by atoms with Crippen molar-refractivity contribution in [2.45, 2.75) is 19.8 Å². The van der Waals surface area contributed by atoms with Gasteiger partial charge in [-0.05, 0) is 19.8 Å². The fourth-order valence-electron chi connectivity index (χ4n) is 3.09. The molecule has 112 valence electrons. The first-order chi connectivity index (χ1) is 10.6. The number of nitrogens with zero attached hydrogens (tertiary/aromatic N) is 4. The Morgan fingerprint density at radius 1 is 1.09 bits per heavy atom. The van der Waals surface area contributed by atoms with Gasteiger partial charge in [0.05, 0.1) is 11.8 Å². The molecule has 1 N–H and O–H groups in total. The van der Waals surface area contributed by atoms with Gasteiger partial charge >= 0.3 is 0 Å². The minimum Gasteiger partial charge on any atom is -0.274 e. The van der Waals surface area contributed by atoms with Crippen molar-refractivity contribution in [2.75, 3.05) is 4.90 Å². The van der Waals surface area contributed by atoms with E-state index in [1.165, 1.54) is 6.07 Å². The number of amides is 2. The number of carbonyl (C=O) groups excluding carboxylic acids is 2. The van der Waals surface area contributed by atoms with Gasteiger partial charge in [-0.1, -0.05) is 12.2 Å². The lowest BCUT2D eigenvalue weighted by atomic mass is 9.85. The molecule has 8 nitrogen and oxygen atoms in total. The molecule has 2 unspecified atom stereocenters. The zero-order valence-electron chi connectivity index (χ0n) is 11.8. The van der Waals surface area contributed by atoms with Crippen molar-refractivity contribution >= 4 is 23.5 Å². The third kappa shape index (κ3) is 1.66. The molecule has 2 aromatic heterocycles. The summed E-state index contributed by atoms with van der Waals surface area (Å²) in [6, 6.07) is 1.35. The highest BCUT2D eigenvalue weighted by atomic mass is 16.2. The van der Waals surface area contributed by atoms with Crippen molar-refractivity contribution in [3.8, 4) is 0 Å². The van der Waals surface area contributed by atoms with E-state index in [0.29, 0.717) is 18.5 Å². The standard InChI is InChI=1S/C14H13N5O3/c1-7-6-10(20)19-13(15-7)16-14(17-19)18-11(21)8-4-2-3-5-9(8)12(18)22/h2-3,6,8-9H,4-5H2,1H3,(H,15,16,17). The van der Waals surface area contributed by atoms with Crippen LogP contribution in [0.15, 0.2) is 23.0 Å². The van der Waals surface area contributed by atoms with Gasteiger partial charge in [0.2, 0.25) is 17.8 Å². The van der Waals surface area contributed by atoms with E-state index in [2.05, 4.69) is 15.1 Å². The lowest BCUT2D eigenvalue weighted by Gasteiger charge is -2.14. The Labute approximate surface area is 124 Å². The van der Waals surface area contributed by atoms with Gasteiger partial charge in [-0.2, -0.15) is 9.50 Å². The summed E-state index contributed by atoms with van der Waals surface area (Å²) in [6.45, 7) is 1.68. The van der Waals surface area contributed by atoms with Gasteiger partial charge in [0.25, 0.3) is 11.3 Å². The first kappa shape index (κ1) is 12.9. The summed E-state index contributed by atoms with van der Waals surface area (Å²) in [7, 11) is 0. The molecule has 3 heterocycles. The molecule has 1 fully saturated rings. The lowest BCUT2D eigenvalue weighted by Crippen LogP contribution is -2.32. The molecule has 2 atom stereocenters. The normalized spacial score (nSPS) is 24.3. The van der Waals surface area contributed by atoms with E-state index in [-0.39, 0.29) is 40.9 Å². The number of hydrogen-bond acceptors (Lipinski definition) is 5. The van der Waals surface area contributed by atoms with Crippen molar-refractivity contribution in [1.82, 2.24) is 19.6 Å². The number of fused-ring (bicyclic) bond motifs is 2.